The summed E-state index contributed by atoms with van der Waals surface area (Å²) in [6.07, 6.45) is 1.33. The van der Waals surface area contributed by atoms with Crippen molar-refractivity contribution in [3.05, 3.63) is 81.2 Å². The SMILES string of the molecule is CC(=O)Nc1ccc(C(=O)NN=Cc2cc([N+](=O)[O-])ccc2Sc2nc(C)cc(C)n2)cc1. The van der Waals surface area contributed by atoms with Crippen molar-refractivity contribution in [2.75, 3.05) is 5.32 Å². The zero-order chi connectivity index (χ0) is 24.0. The first-order valence-electron chi connectivity index (χ1n) is 9.71. The van der Waals surface area contributed by atoms with E-state index in [1.54, 1.807) is 30.3 Å². The number of hydrogen-bond donors (Lipinski definition) is 2. The van der Waals surface area contributed by atoms with E-state index in [2.05, 4.69) is 25.8 Å². The minimum Gasteiger partial charge on any atom is -0.326 e. The number of hydrogen-bond acceptors (Lipinski definition) is 8. The molecule has 0 atom stereocenters. The zero-order valence-corrected chi connectivity index (χ0v) is 18.8. The summed E-state index contributed by atoms with van der Waals surface area (Å²) < 4.78 is 0. The largest absolute Gasteiger partial charge is 0.326 e. The molecule has 2 amide bonds. The molecule has 2 N–H and O–H groups in total. The van der Waals surface area contributed by atoms with Gasteiger partial charge in [0.05, 0.1) is 11.1 Å². The third-order valence-corrected chi connectivity index (χ3v) is 5.16. The Morgan fingerprint density at radius 3 is 2.33 bits per heavy atom. The van der Waals surface area contributed by atoms with Crippen molar-refractivity contribution in [1.29, 1.82) is 0 Å². The van der Waals surface area contributed by atoms with E-state index >= 15 is 0 Å². The summed E-state index contributed by atoms with van der Waals surface area (Å²) in [5.74, 6) is -0.688. The molecule has 3 rings (SSSR count). The maximum Gasteiger partial charge on any atom is 0.271 e. The van der Waals surface area contributed by atoms with Gasteiger partial charge in [-0.15, -0.1) is 0 Å². The normalized spacial score (nSPS) is 10.8. The van der Waals surface area contributed by atoms with E-state index < -0.39 is 10.8 Å². The molecule has 0 fully saturated rings. The molecule has 0 aliphatic heterocycles. The highest BCUT2D eigenvalue weighted by Gasteiger charge is 2.13. The van der Waals surface area contributed by atoms with E-state index in [0.717, 1.165) is 11.4 Å². The van der Waals surface area contributed by atoms with E-state index in [-0.39, 0.29) is 11.6 Å². The molecular formula is C22H20N6O4S. The molecule has 0 radical (unpaired) electrons. The van der Waals surface area contributed by atoms with Gasteiger partial charge in [-0.3, -0.25) is 19.7 Å². The maximum absolute atomic E-state index is 12.3. The highest BCUT2D eigenvalue weighted by atomic mass is 32.2. The molecule has 3 aromatic rings. The fourth-order valence-corrected chi connectivity index (χ4v) is 3.76. The smallest absolute Gasteiger partial charge is 0.271 e. The van der Waals surface area contributed by atoms with Crippen molar-refractivity contribution in [3.8, 4) is 0 Å². The Labute approximate surface area is 193 Å². The first-order chi connectivity index (χ1) is 15.7. The number of rotatable bonds is 7. The van der Waals surface area contributed by atoms with Gasteiger partial charge in [-0.05, 0) is 62.0 Å². The second kappa shape index (κ2) is 10.5. The highest BCUT2D eigenvalue weighted by Crippen LogP contribution is 2.30. The Bertz CT molecular complexity index is 1220. The van der Waals surface area contributed by atoms with E-state index in [1.807, 2.05) is 19.9 Å². The lowest BCUT2D eigenvalue weighted by Gasteiger charge is -2.07. The van der Waals surface area contributed by atoms with Crippen LogP contribution < -0.4 is 10.7 Å². The van der Waals surface area contributed by atoms with Gasteiger partial charge in [-0.1, -0.05) is 0 Å². The standard InChI is InChI=1S/C22H20N6O4S/c1-13-10-14(2)25-22(24-13)33-20-9-8-19(28(31)32)11-17(20)12-23-27-21(30)16-4-6-18(7-5-16)26-15(3)29/h4-12H,1-3H3,(H,26,29)(H,27,30). The van der Waals surface area contributed by atoms with Gasteiger partial charge in [-0.2, -0.15) is 5.10 Å². The number of nitro benzene ring substituents is 1. The molecule has 0 saturated carbocycles. The van der Waals surface area contributed by atoms with Crippen LogP contribution in [0.25, 0.3) is 0 Å². The van der Waals surface area contributed by atoms with Gasteiger partial charge in [0.25, 0.3) is 11.6 Å². The molecule has 0 unspecified atom stereocenters. The number of nitrogens with one attached hydrogen (secondary N) is 2. The Morgan fingerprint density at radius 1 is 1.06 bits per heavy atom. The summed E-state index contributed by atoms with van der Waals surface area (Å²) in [4.78, 5) is 43.5. The topological polar surface area (TPSA) is 139 Å². The lowest BCUT2D eigenvalue weighted by molar-refractivity contribution is -0.384. The molecule has 0 saturated heterocycles. The number of carbonyl (C=O) groups is 2. The van der Waals surface area contributed by atoms with Gasteiger partial charge in [-0.25, -0.2) is 15.4 Å². The summed E-state index contributed by atoms with van der Waals surface area (Å²) in [6.45, 7) is 5.10. The number of aromatic nitrogens is 2. The number of nitrogens with zero attached hydrogens (tertiary/aromatic N) is 4. The van der Waals surface area contributed by atoms with Crippen LogP contribution in [0, 0.1) is 24.0 Å². The van der Waals surface area contributed by atoms with E-state index in [9.17, 15) is 19.7 Å². The second-order valence-corrected chi connectivity index (χ2v) is 7.98. The van der Waals surface area contributed by atoms with Crippen LogP contribution >= 0.6 is 11.8 Å². The molecule has 0 aliphatic rings. The summed E-state index contributed by atoms with van der Waals surface area (Å²) >= 11 is 1.24. The van der Waals surface area contributed by atoms with E-state index in [0.29, 0.717) is 26.9 Å². The monoisotopic (exact) mass is 464 g/mol. The molecule has 0 spiro atoms. The third-order valence-electron chi connectivity index (χ3n) is 4.20. The second-order valence-electron chi connectivity index (χ2n) is 6.97. The van der Waals surface area contributed by atoms with Crippen LogP contribution in [0.5, 0.6) is 0 Å². The van der Waals surface area contributed by atoms with Gasteiger partial charge < -0.3 is 5.32 Å². The Hall–Kier alpha value is -4.12. The number of hydrazone groups is 1. The van der Waals surface area contributed by atoms with Crippen molar-refractivity contribution in [2.45, 2.75) is 30.8 Å². The molecule has 33 heavy (non-hydrogen) atoms. The number of nitro groups is 1. The van der Waals surface area contributed by atoms with Crippen LogP contribution in [-0.4, -0.2) is 32.9 Å². The van der Waals surface area contributed by atoms with Gasteiger partial charge in [0.1, 0.15) is 0 Å². The van der Waals surface area contributed by atoms with Gasteiger partial charge in [0.2, 0.25) is 5.91 Å². The summed E-state index contributed by atoms with van der Waals surface area (Å²) in [6, 6.07) is 12.5. The van der Waals surface area contributed by atoms with Crippen molar-refractivity contribution < 1.29 is 14.5 Å². The van der Waals surface area contributed by atoms with Crippen molar-refractivity contribution in [2.24, 2.45) is 5.10 Å². The van der Waals surface area contributed by atoms with E-state index in [1.165, 1.54) is 37.0 Å². The van der Waals surface area contributed by atoms with Crippen LogP contribution in [0.15, 0.2) is 63.7 Å². The maximum atomic E-state index is 12.3. The fraction of sp³-hybridized carbons (Fsp3) is 0.136. The Kier molecular flexibility index (Phi) is 7.46. The van der Waals surface area contributed by atoms with Gasteiger partial charge >= 0.3 is 0 Å². The van der Waals surface area contributed by atoms with Crippen LogP contribution in [0.2, 0.25) is 0 Å². The zero-order valence-electron chi connectivity index (χ0n) is 18.0. The molecule has 1 heterocycles. The number of amides is 2. The number of carbonyl (C=O) groups excluding carboxylic acids is 2. The van der Waals surface area contributed by atoms with Crippen LogP contribution in [-0.2, 0) is 4.79 Å². The first kappa shape index (κ1) is 23.5. The summed E-state index contributed by atoms with van der Waals surface area (Å²) in [7, 11) is 0. The predicted octanol–water partition coefficient (Wildman–Crippen LogP) is 3.88. The fourth-order valence-electron chi connectivity index (χ4n) is 2.81. The number of anilines is 1. The van der Waals surface area contributed by atoms with Crippen LogP contribution in [0.4, 0.5) is 11.4 Å². The molecule has 0 aliphatic carbocycles. The van der Waals surface area contributed by atoms with Crippen LogP contribution in [0.1, 0.15) is 34.2 Å². The molecule has 11 heteroatoms. The Balaban J connectivity index is 1.79. The number of benzene rings is 2. The van der Waals surface area contributed by atoms with E-state index in [4.69, 9.17) is 0 Å². The van der Waals surface area contributed by atoms with Gasteiger partial charge in [0, 0.05) is 52.2 Å². The lowest BCUT2D eigenvalue weighted by Crippen LogP contribution is -2.17. The number of non-ortho nitro benzene ring substituents is 1. The average molecular weight is 465 g/mol. The van der Waals surface area contributed by atoms with Crippen LogP contribution in [0.3, 0.4) is 0 Å². The molecule has 168 valence electrons. The summed E-state index contributed by atoms with van der Waals surface area (Å²) in [5, 5.41) is 18.3. The lowest BCUT2D eigenvalue weighted by atomic mass is 10.2. The quantitative estimate of drug-likeness (QED) is 0.234. The molecular weight excluding hydrogens is 444 g/mol. The molecule has 1 aromatic heterocycles. The number of aryl methyl sites for hydroxylation is 2. The minimum atomic E-state index is -0.506. The predicted molar refractivity (Wildman–Crippen MR) is 125 cm³/mol. The summed E-state index contributed by atoms with van der Waals surface area (Å²) in [5.41, 5.74) is 5.22. The van der Waals surface area contributed by atoms with Gasteiger partial charge in [0.15, 0.2) is 5.16 Å². The van der Waals surface area contributed by atoms with Crippen molar-refractivity contribution in [3.63, 3.8) is 0 Å². The Morgan fingerprint density at radius 2 is 1.73 bits per heavy atom. The minimum absolute atomic E-state index is 0.109. The first-order valence-corrected chi connectivity index (χ1v) is 10.5. The third kappa shape index (κ3) is 6.68. The highest BCUT2D eigenvalue weighted by molar-refractivity contribution is 7.99. The average Bonchev–Trinajstić information content (AvgIpc) is 2.74. The molecule has 10 nitrogen and oxygen atoms in total. The molecule has 0 bridgehead atoms. The van der Waals surface area contributed by atoms with Crippen molar-refractivity contribution >= 4 is 41.2 Å². The molecule has 2 aromatic carbocycles. The van der Waals surface area contributed by atoms with Crippen molar-refractivity contribution in [1.82, 2.24) is 15.4 Å².